The molecule has 6 nitrogen and oxygen atoms in total. The van der Waals surface area contributed by atoms with Crippen molar-refractivity contribution in [1.82, 2.24) is 5.32 Å². The van der Waals surface area contributed by atoms with Crippen LogP contribution in [0, 0.1) is 10.1 Å². The molecule has 7 heteroatoms. The normalized spacial score (nSPS) is 10.1. The summed E-state index contributed by atoms with van der Waals surface area (Å²) in [7, 11) is 0. The average molecular weight is 351 g/mol. The number of hydrogen-bond acceptors (Lipinski definition) is 4. The van der Waals surface area contributed by atoms with Crippen LogP contribution >= 0.6 is 15.9 Å². The summed E-state index contributed by atoms with van der Waals surface area (Å²) in [5.74, 6) is -1.21. The topological polar surface area (TPSA) is 92.5 Å². The first-order chi connectivity index (χ1) is 10.0. The van der Waals surface area contributed by atoms with Crippen molar-refractivity contribution in [3.63, 3.8) is 0 Å². The minimum Gasteiger partial charge on any atom is -0.502 e. The summed E-state index contributed by atoms with van der Waals surface area (Å²) < 4.78 is 0.841. The van der Waals surface area contributed by atoms with Crippen LogP contribution < -0.4 is 5.32 Å². The van der Waals surface area contributed by atoms with Crippen LogP contribution in [0.25, 0.3) is 0 Å². The molecule has 0 aliphatic heterocycles. The molecule has 0 fully saturated rings. The number of nitro groups is 1. The van der Waals surface area contributed by atoms with E-state index in [0.717, 1.165) is 16.1 Å². The van der Waals surface area contributed by atoms with Crippen molar-refractivity contribution in [3.8, 4) is 5.75 Å². The molecule has 0 saturated heterocycles. The molecular formula is C14H11BrN2O4. The number of amides is 1. The number of phenols is 1. The van der Waals surface area contributed by atoms with E-state index in [-0.39, 0.29) is 12.1 Å². The number of phenolic OH excluding ortho intramolecular Hbond substituents is 1. The molecule has 0 saturated carbocycles. The van der Waals surface area contributed by atoms with Gasteiger partial charge < -0.3 is 10.4 Å². The summed E-state index contributed by atoms with van der Waals surface area (Å²) in [6, 6.07) is 11.2. The zero-order chi connectivity index (χ0) is 15.4. The Kier molecular flexibility index (Phi) is 4.54. The maximum Gasteiger partial charge on any atom is 0.311 e. The standard InChI is InChI=1S/C14H11BrN2O4/c15-11-6-2-1-4-9(11)8-16-14(19)10-5-3-7-12(13(10)18)17(20)21/h1-7,18H,8H2,(H,16,19). The van der Waals surface area contributed by atoms with Gasteiger partial charge in [0.2, 0.25) is 5.75 Å². The number of aromatic hydroxyl groups is 1. The lowest BCUT2D eigenvalue weighted by Crippen LogP contribution is -2.23. The number of para-hydroxylation sites is 1. The van der Waals surface area contributed by atoms with Crippen molar-refractivity contribution in [3.05, 3.63) is 68.2 Å². The summed E-state index contributed by atoms with van der Waals surface area (Å²) in [5, 5.41) is 23.1. The minimum atomic E-state index is -0.736. The monoisotopic (exact) mass is 350 g/mol. The third kappa shape index (κ3) is 3.38. The third-order valence-corrected chi connectivity index (χ3v) is 3.63. The van der Waals surface area contributed by atoms with Gasteiger partial charge in [-0.2, -0.15) is 0 Å². The molecule has 0 heterocycles. The van der Waals surface area contributed by atoms with Crippen LogP contribution in [0.3, 0.4) is 0 Å². The molecule has 108 valence electrons. The van der Waals surface area contributed by atoms with Gasteiger partial charge in [0.15, 0.2) is 0 Å². The average Bonchev–Trinajstić information content (AvgIpc) is 2.46. The fourth-order valence-corrected chi connectivity index (χ4v) is 2.20. The Labute approximate surface area is 128 Å². The molecule has 0 unspecified atom stereocenters. The van der Waals surface area contributed by atoms with Crippen molar-refractivity contribution in [2.24, 2.45) is 0 Å². The fourth-order valence-electron chi connectivity index (χ4n) is 1.77. The van der Waals surface area contributed by atoms with Crippen molar-refractivity contribution in [1.29, 1.82) is 0 Å². The fraction of sp³-hybridized carbons (Fsp3) is 0.0714. The molecule has 0 spiro atoms. The Hall–Kier alpha value is -2.41. The molecule has 2 aromatic rings. The van der Waals surface area contributed by atoms with E-state index < -0.39 is 22.3 Å². The minimum absolute atomic E-state index is 0.128. The number of carbonyl (C=O) groups is 1. The van der Waals surface area contributed by atoms with Crippen molar-refractivity contribution in [2.75, 3.05) is 0 Å². The summed E-state index contributed by atoms with van der Waals surface area (Å²) in [6.45, 7) is 0.238. The third-order valence-electron chi connectivity index (χ3n) is 2.85. The number of nitrogens with zero attached hydrogens (tertiary/aromatic N) is 1. The van der Waals surface area contributed by atoms with E-state index in [1.54, 1.807) is 0 Å². The highest BCUT2D eigenvalue weighted by Crippen LogP contribution is 2.29. The zero-order valence-corrected chi connectivity index (χ0v) is 12.3. The zero-order valence-electron chi connectivity index (χ0n) is 10.7. The molecule has 0 radical (unpaired) electrons. The van der Waals surface area contributed by atoms with E-state index >= 15 is 0 Å². The van der Waals surface area contributed by atoms with Gasteiger partial charge in [-0.05, 0) is 17.7 Å². The summed E-state index contributed by atoms with van der Waals surface area (Å²) >= 11 is 3.36. The SMILES string of the molecule is O=C(NCc1ccccc1Br)c1cccc([N+](=O)[O-])c1O. The Balaban J connectivity index is 2.16. The van der Waals surface area contributed by atoms with Crippen LogP contribution in [0.1, 0.15) is 15.9 Å². The molecular weight excluding hydrogens is 340 g/mol. The number of benzene rings is 2. The second-order valence-corrected chi connectivity index (χ2v) is 5.06. The van der Waals surface area contributed by atoms with Gasteiger partial charge in [0.25, 0.3) is 5.91 Å². The molecule has 1 amide bonds. The molecule has 2 aromatic carbocycles. The van der Waals surface area contributed by atoms with E-state index in [1.165, 1.54) is 12.1 Å². The quantitative estimate of drug-likeness (QED) is 0.654. The van der Waals surface area contributed by atoms with E-state index in [2.05, 4.69) is 21.2 Å². The molecule has 2 rings (SSSR count). The maximum atomic E-state index is 12.0. The molecule has 2 N–H and O–H groups in total. The predicted octanol–water partition coefficient (Wildman–Crippen LogP) is 2.99. The lowest BCUT2D eigenvalue weighted by atomic mass is 10.1. The predicted molar refractivity (Wildman–Crippen MR) is 80.1 cm³/mol. The van der Waals surface area contributed by atoms with Crippen LogP contribution in [0.4, 0.5) is 5.69 Å². The first kappa shape index (κ1) is 15.0. The van der Waals surface area contributed by atoms with Crippen LogP contribution in [0.5, 0.6) is 5.75 Å². The van der Waals surface area contributed by atoms with Crippen LogP contribution in [0.15, 0.2) is 46.9 Å². The molecule has 0 aliphatic rings. The maximum absolute atomic E-state index is 12.0. The number of hydrogen-bond donors (Lipinski definition) is 2. The number of rotatable bonds is 4. The van der Waals surface area contributed by atoms with E-state index in [1.807, 2.05) is 24.3 Å². The van der Waals surface area contributed by atoms with E-state index in [0.29, 0.717) is 0 Å². The van der Waals surface area contributed by atoms with Gasteiger partial charge in [0.05, 0.1) is 10.5 Å². The van der Waals surface area contributed by atoms with Crippen molar-refractivity contribution < 1.29 is 14.8 Å². The van der Waals surface area contributed by atoms with E-state index in [9.17, 15) is 20.0 Å². The largest absolute Gasteiger partial charge is 0.502 e. The molecule has 0 atom stereocenters. The van der Waals surface area contributed by atoms with Gasteiger partial charge in [0, 0.05) is 17.1 Å². The Bertz CT molecular complexity index is 703. The van der Waals surface area contributed by atoms with E-state index in [4.69, 9.17) is 0 Å². The second kappa shape index (κ2) is 6.36. The van der Waals surface area contributed by atoms with Crippen LogP contribution in [-0.4, -0.2) is 15.9 Å². The van der Waals surface area contributed by atoms with Crippen LogP contribution in [0.2, 0.25) is 0 Å². The molecule has 0 aromatic heterocycles. The number of nitro benzene ring substituents is 1. The smallest absolute Gasteiger partial charge is 0.311 e. The van der Waals surface area contributed by atoms with Gasteiger partial charge in [-0.1, -0.05) is 40.2 Å². The molecule has 21 heavy (non-hydrogen) atoms. The summed E-state index contributed by atoms with van der Waals surface area (Å²) in [6.07, 6.45) is 0. The second-order valence-electron chi connectivity index (χ2n) is 4.20. The van der Waals surface area contributed by atoms with Gasteiger partial charge in [-0.25, -0.2) is 0 Å². The number of carbonyl (C=O) groups excluding carboxylic acids is 1. The number of halogens is 1. The highest BCUT2D eigenvalue weighted by molar-refractivity contribution is 9.10. The van der Waals surface area contributed by atoms with Crippen LogP contribution in [-0.2, 0) is 6.54 Å². The molecule has 0 bridgehead atoms. The first-order valence-corrected chi connectivity index (χ1v) is 6.78. The molecule has 0 aliphatic carbocycles. The van der Waals surface area contributed by atoms with Gasteiger partial charge >= 0.3 is 5.69 Å². The first-order valence-electron chi connectivity index (χ1n) is 5.98. The highest BCUT2D eigenvalue weighted by Gasteiger charge is 2.20. The van der Waals surface area contributed by atoms with Crippen molar-refractivity contribution in [2.45, 2.75) is 6.54 Å². The number of nitrogens with one attached hydrogen (secondary N) is 1. The Morgan fingerprint density at radius 1 is 1.24 bits per heavy atom. The summed E-state index contributed by atoms with van der Waals surface area (Å²) in [4.78, 5) is 22.0. The van der Waals surface area contributed by atoms with Gasteiger partial charge in [-0.3, -0.25) is 14.9 Å². The Morgan fingerprint density at radius 2 is 1.95 bits per heavy atom. The Morgan fingerprint density at radius 3 is 2.62 bits per heavy atom. The van der Waals surface area contributed by atoms with Crippen molar-refractivity contribution >= 4 is 27.5 Å². The highest BCUT2D eigenvalue weighted by atomic mass is 79.9. The summed E-state index contributed by atoms with van der Waals surface area (Å²) in [5.41, 5.74) is 0.232. The van der Waals surface area contributed by atoms with Gasteiger partial charge in [-0.15, -0.1) is 0 Å². The lowest BCUT2D eigenvalue weighted by Gasteiger charge is -2.08. The lowest BCUT2D eigenvalue weighted by molar-refractivity contribution is -0.385. The van der Waals surface area contributed by atoms with Gasteiger partial charge in [0.1, 0.15) is 0 Å².